The van der Waals surface area contributed by atoms with Crippen LogP contribution in [0.4, 0.5) is 0 Å². The number of hydrogen-bond donors (Lipinski definition) is 7. The normalized spacial score (nSPS) is 26.9. The quantitative estimate of drug-likeness (QED) is 0.246. The van der Waals surface area contributed by atoms with Gasteiger partial charge in [0.25, 0.3) is 0 Å². The van der Waals surface area contributed by atoms with Crippen molar-refractivity contribution >= 4 is 22.3 Å². The Bertz CT molecular complexity index is 802. The van der Waals surface area contributed by atoms with Gasteiger partial charge in [0, 0.05) is 0 Å². The van der Waals surface area contributed by atoms with E-state index in [1.54, 1.807) is 0 Å². The average molecular weight is 440 g/mol. The number of aromatic carboxylic acids is 2. The highest BCUT2D eigenvalue weighted by Crippen LogP contribution is 2.22. The SMILES string of the molecule is Cc1c(C(=O)O)cccc1C(=O)O.O=S(=O)(O)O[C@@H]1O[C@H](CO)[C@@H](O)[C@H](O)[C@H]1O. The van der Waals surface area contributed by atoms with Crippen molar-refractivity contribution in [1.82, 2.24) is 0 Å². The standard InChI is InChI=1S/C9H8O4.C6H12O9S/c1-5-6(8(10)11)3-2-4-7(5)9(12)13;7-1-2-3(8)4(9)5(10)6(14-2)15-16(11,12)13/h2-4H,1H3,(H,10,11)(H,12,13);2-10H,1H2,(H,11,12,13)/t;2-,3-,4+,5-,6+/m.1/s1. The summed E-state index contributed by atoms with van der Waals surface area (Å²) in [5.41, 5.74) is 0.335. The van der Waals surface area contributed by atoms with Crippen molar-refractivity contribution in [3.05, 3.63) is 34.9 Å². The largest absolute Gasteiger partial charge is 0.478 e. The predicted octanol–water partition coefficient (Wildman–Crippen LogP) is -2.00. The fraction of sp³-hybridized carbons (Fsp3) is 0.467. The Kier molecular flexibility index (Phi) is 8.61. The minimum Gasteiger partial charge on any atom is -0.478 e. The molecule has 29 heavy (non-hydrogen) atoms. The van der Waals surface area contributed by atoms with Crippen molar-refractivity contribution in [3.63, 3.8) is 0 Å². The lowest BCUT2D eigenvalue weighted by atomic mass is 10.00. The first-order valence-corrected chi connectivity index (χ1v) is 9.19. The minimum absolute atomic E-state index is 0.0277. The van der Waals surface area contributed by atoms with Crippen LogP contribution in [0.2, 0.25) is 0 Å². The number of aliphatic hydroxyl groups is 4. The van der Waals surface area contributed by atoms with Crippen molar-refractivity contribution in [2.24, 2.45) is 0 Å². The first-order valence-electron chi connectivity index (χ1n) is 7.82. The van der Waals surface area contributed by atoms with Crippen molar-refractivity contribution in [1.29, 1.82) is 0 Å². The number of carboxylic acid groups (broad SMARTS) is 2. The molecule has 0 amide bonds. The molecule has 1 aromatic carbocycles. The summed E-state index contributed by atoms with van der Waals surface area (Å²) in [4.78, 5) is 21.2. The summed E-state index contributed by atoms with van der Waals surface area (Å²) in [6.45, 7) is 0.753. The molecule has 0 bridgehead atoms. The Hall–Kier alpha value is -2.17. The number of aliphatic hydroxyl groups excluding tert-OH is 4. The monoisotopic (exact) mass is 440 g/mol. The van der Waals surface area contributed by atoms with Crippen LogP contribution in [0.5, 0.6) is 0 Å². The summed E-state index contributed by atoms with van der Waals surface area (Å²) < 4.78 is 37.6. The van der Waals surface area contributed by atoms with Crippen molar-refractivity contribution in [2.45, 2.75) is 37.6 Å². The summed E-state index contributed by atoms with van der Waals surface area (Å²) in [6, 6.07) is 4.17. The number of benzene rings is 1. The van der Waals surface area contributed by atoms with Gasteiger partial charge in [0.1, 0.15) is 24.4 Å². The summed E-state index contributed by atoms with van der Waals surface area (Å²) in [7, 11) is -4.89. The van der Waals surface area contributed by atoms with Crippen molar-refractivity contribution < 1.29 is 62.1 Å². The maximum absolute atomic E-state index is 10.6. The highest BCUT2D eigenvalue weighted by molar-refractivity contribution is 7.80. The Labute approximate surface area is 164 Å². The van der Waals surface area contributed by atoms with E-state index in [4.69, 9.17) is 19.9 Å². The maximum Gasteiger partial charge on any atom is 0.399 e. The molecule has 1 aliphatic heterocycles. The molecule has 0 saturated carbocycles. The van der Waals surface area contributed by atoms with E-state index in [2.05, 4.69) is 8.92 Å². The first kappa shape index (κ1) is 24.9. The third-order valence-corrected chi connectivity index (χ3v) is 4.29. The number of carboxylic acids is 2. The van der Waals surface area contributed by atoms with Gasteiger partial charge in [-0.2, -0.15) is 8.42 Å². The van der Waals surface area contributed by atoms with Gasteiger partial charge < -0.3 is 35.4 Å². The molecule has 1 saturated heterocycles. The van der Waals surface area contributed by atoms with Gasteiger partial charge >= 0.3 is 22.3 Å². The minimum atomic E-state index is -4.89. The Morgan fingerprint density at radius 3 is 1.90 bits per heavy atom. The van der Waals surface area contributed by atoms with Gasteiger partial charge in [-0.15, -0.1) is 0 Å². The molecule has 0 aliphatic carbocycles. The van der Waals surface area contributed by atoms with E-state index >= 15 is 0 Å². The van der Waals surface area contributed by atoms with Crippen LogP contribution >= 0.6 is 0 Å². The van der Waals surface area contributed by atoms with Gasteiger partial charge in [-0.3, -0.25) is 4.55 Å². The number of ether oxygens (including phenoxy) is 1. The Balaban J connectivity index is 0.000000296. The van der Waals surface area contributed by atoms with Crippen LogP contribution in [0.25, 0.3) is 0 Å². The molecular weight excluding hydrogens is 420 g/mol. The molecule has 1 heterocycles. The predicted molar refractivity (Wildman–Crippen MR) is 91.5 cm³/mol. The summed E-state index contributed by atoms with van der Waals surface area (Å²) in [6.07, 6.45) is -8.46. The molecule has 5 atom stereocenters. The zero-order valence-corrected chi connectivity index (χ0v) is 15.6. The molecule has 0 spiro atoms. The lowest BCUT2D eigenvalue weighted by Crippen LogP contribution is -2.59. The highest BCUT2D eigenvalue weighted by atomic mass is 32.3. The van der Waals surface area contributed by atoms with Gasteiger partial charge in [0.2, 0.25) is 6.29 Å². The second-order valence-electron chi connectivity index (χ2n) is 5.81. The van der Waals surface area contributed by atoms with Gasteiger partial charge in [-0.1, -0.05) is 6.07 Å². The summed E-state index contributed by atoms with van der Waals surface area (Å²) in [5.74, 6) is -2.22. The zero-order valence-electron chi connectivity index (χ0n) is 14.8. The molecule has 0 unspecified atom stereocenters. The molecule has 0 radical (unpaired) electrons. The van der Waals surface area contributed by atoms with Crippen LogP contribution in [0.1, 0.15) is 26.3 Å². The Morgan fingerprint density at radius 1 is 1.03 bits per heavy atom. The molecule has 1 aromatic rings. The van der Waals surface area contributed by atoms with Crippen molar-refractivity contribution in [3.8, 4) is 0 Å². The highest BCUT2D eigenvalue weighted by Gasteiger charge is 2.45. The maximum atomic E-state index is 10.6. The average Bonchev–Trinajstić information content (AvgIpc) is 2.61. The molecule has 0 aromatic heterocycles. The second kappa shape index (κ2) is 10.0. The van der Waals surface area contributed by atoms with Crippen LogP contribution in [0.15, 0.2) is 18.2 Å². The number of carbonyl (C=O) groups is 2. The van der Waals surface area contributed by atoms with Crippen LogP contribution < -0.4 is 0 Å². The number of rotatable bonds is 5. The van der Waals surface area contributed by atoms with E-state index in [9.17, 15) is 33.3 Å². The van der Waals surface area contributed by atoms with E-state index in [1.807, 2.05) is 0 Å². The van der Waals surface area contributed by atoms with Crippen LogP contribution in [-0.2, 0) is 19.3 Å². The van der Waals surface area contributed by atoms with E-state index in [1.165, 1.54) is 25.1 Å². The van der Waals surface area contributed by atoms with Gasteiger partial charge in [0.15, 0.2) is 0 Å². The molecule has 7 N–H and O–H groups in total. The van der Waals surface area contributed by atoms with E-state index in [0.29, 0.717) is 0 Å². The second-order valence-corrected chi connectivity index (χ2v) is 6.86. The third-order valence-electron chi connectivity index (χ3n) is 3.86. The van der Waals surface area contributed by atoms with E-state index < -0.39 is 59.7 Å². The van der Waals surface area contributed by atoms with Crippen LogP contribution in [0.3, 0.4) is 0 Å². The Morgan fingerprint density at radius 2 is 1.52 bits per heavy atom. The summed E-state index contributed by atoms with van der Waals surface area (Å²) >= 11 is 0. The third kappa shape index (κ3) is 6.69. The van der Waals surface area contributed by atoms with E-state index in [-0.39, 0.29) is 16.7 Å². The molecule has 2 rings (SSSR count). The molecule has 164 valence electrons. The molecule has 14 heteroatoms. The van der Waals surface area contributed by atoms with Gasteiger partial charge in [0.05, 0.1) is 17.7 Å². The van der Waals surface area contributed by atoms with Crippen LogP contribution in [0, 0.1) is 6.92 Å². The fourth-order valence-electron chi connectivity index (χ4n) is 2.37. The molecule has 1 aliphatic rings. The molecule has 1 fully saturated rings. The first-order chi connectivity index (χ1) is 13.3. The topological polar surface area (TPSA) is 228 Å². The summed E-state index contributed by atoms with van der Waals surface area (Å²) in [5, 5.41) is 53.9. The lowest BCUT2D eigenvalue weighted by molar-refractivity contribution is -0.277. The van der Waals surface area contributed by atoms with Gasteiger partial charge in [-0.25, -0.2) is 13.8 Å². The van der Waals surface area contributed by atoms with E-state index in [0.717, 1.165) is 0 Å². The van der Waals surface area contributed by atoms with Crippen LogP contribution in [-0.4, -0.2) is 92.9 Å². The molecule has 13 nitrogen and oxygen atoms in total. The fourth-order valence-corrected chi connectivity index (χ4v) is 2.76. The lowest BCUT2D eigenvalue weighted by Gasteiger charge is -2.38. The number of hydrogen-bond acceptors (Lipinski definition) is 10. The molecular formula is C15H20O13S. The zero-order chi connectivity index (χ0) is 22.5. The van der Waals surface area contributed by atoms with Gasteiger partial charge in [-0.05, 0) is 24.6 Å². The smallest absolute Gasteiger partial charge is 0.399 e. The van der Waals surface area contributed by atoms with Crippen molar-refractivity contribution in [2.75, 3.05) is 6.61 Å².